The SMILES string of the molecule is C#Cc1ccc(Oc2nn(C)c3cc(NC4=NCc5cccnc54)cc(Cl)c23)nc1.COCCOc1nn(C)c2cc(NC3=NCc4cccnc43)ccc12.COc1nn(C)c2cc(NC3=NCc4cccnc43)cc(Cl)c12.Cn1nc(OC2COC2)c2ccc(NC3=NCc4cccnc43)cc21.Cn1nc(OCCN2CCCCC2)c2c(Cl)cc(NC3=NCc4cccnc43)cc21. The van der Waals surface area contributed by atoms with Crippen molar-refractivity contribution < 1.29 is 33.2 Å². The summed E-state index contributed by atoms with van der Waals surface area (Å²) in [5.41, 5.74) is 19.7. The molecule has 0 unspecified atom stereocenters. The Balaban J connectivity index is 0.000000108. The van der Waals surface area contributed by atoms with E-state index in [1.807, 2.05) is 165 Å². The molecule has 672 valence electrons. The van der Waals surface area contributed by atoms with Crippen molar-refractivity contribution in [1.29, 1.82) is 0 Å². The van der Waals surface area contributed by atoms with Gasteiger partial charge in [0.15, 0.2) is 29.2 Å². The van der Waals surface area contributed by atoms with E-state index >= 15 is 0 Å². The first-order chi connectivity index (χ1) is 65.0. The lowest BCUT2D eigenvalue weighted by molar-refractivity contribution is -0.0809. The Morgan fingerprint density at radius 3 is 1.20 bits per heavy atom. The van der Waals surface area contributed by atoms with Crippen LogP contribution in [-0.2, 0) is 77.4 Å². The van der Waals surface area contributed by atoms with Gasteiger partial charge in [-0.3, -0.25) is 78.2 Å². The number of nitrogens with zero attached hydrogens (tertiary/aromatic N) is 22. The molecule has 0 saturated carbocycles. The molecule has 7 aliphatic rings. The summed E-state index contributed by atoms with van der Waals surface area (Å²) in [5.74, 6) is 9.50. The van der Waals surface area contributed by atoms with Crippen molar-refractivity contribution in [3.63, 3.8) is 0 Å². The summed E-state index contributed by atoms with van der Waals surface area (Å²) < 4.78 is 47.8. The number of methoxy groups -OCH3 is 2. The van der Waals surface area contributed by atoms with E-state index in [9.17, 15) is 0 Å². The minimum absolute atomic E-state index is 0.103. The number of aryl methyl sites for hydroxylation is 5. The maximum atomic E-state index is 6.65. The number of anilines is 5. The lowest BCUT2D eigenvalue weighted by Gasteiger charge is -2.25. The third-order valence-corrected chi connectivity index (χ3v) is 23.9. The summed E-state index contributed by atoms with van der Waals surface area (Å²) in [7, 11) is 12.6. The molecule has 16 aromatic rings. The van der Waals surface area contributed by atoms with Gasteiger partial charge in [-0.25, -0.2) is 4.98 Å². The van der Waals surface area contributed by atoms with Gasteiger partial charge in [0.25, 0.3) is 0 Å². The van der Waals surface area contributed by atoms with Crippen molar-refractivity contribution in [3.05, 3.63) is 260 Å². The molecular formula is C96H90Cl3N27O7. The minimum Gasteiger partial charge on any atom is -0.479 e. The van der Waals surface area contributed by atoms with Crippen LogP contribution >= 0.6 is 34.8 Å². The molecule has 7 aliphatic heterocycles. The van der Waals surface area contributed by atoms with Gasteiger partial charge in [0.1, 0.15) is 47.8 Å². The number of terminal acetylenes is 1. The molecule has 0 aliphatic carbocycles. The number of piperidine rings is 1. The maximum Gasteiger partial charge on any atom is 0.249 e. The molecule has 0 spiro atoms. The van der Waals surface area contributed by atoms with Crippen LogP contribution in [0.1, 0.15) is 81.1 Å². The zero-order chi connectivity index (χ0) is 91.2. The minimum atomic E-state index is 0.103. The summed E-state index contributed by atoms with van der Waals surface area (Å²) in [6.45, 7) is 9.33. The number of nitrogens with one attached hydrogen (secondary N) is 5. The molecule has 0 atom stereocenters. The number of halogens is 3. The van der Waals surface area contributed by atoms with Crippen molar-refractivity contribution in [2.24, 2.45) is 60.2 Å². The number of amidine groups is 5. The smallest absolute Gasteiger partial charge is 0.249 e. The highest BCUT2D eigenvalue weighted by Crippen LogP contribution is 2.41. The second kappa shape index (κ2) is 39.0. The van der Waals surface area contributed by atoms with E-state index in [0.29, 0.717) is 127 Å². The number of benzene rings is 5. The summed E-state index contributed by atoms with van der Waals surface area (Å²) >= 11 is 19.7. The number of hydrogen-bond donors (Lipinski definition) is 5. The highest BCUT2D eigenvalue weighted by Gasteiger charge is 2.29. The van der Waals surface area contributed by atoms with Crippen LogP contribution in [0, 0.1) is 12.3 Å². The van der Waals surface area contributed by atoms with E-state index in [0.717, 1.165) is 183 Å². The Morgan fingerprint density at radius 2 is 0.789 bits per heavy atom. The van der Waals surface area contributed by atoms with E-state index in [-0.39, 0.29) is 6.10 Å². The Labute approximate surface area is 778 Å². The quantitative estimate of drug-likeness (QED) is 0.0393. The third kappa shape index (κ3) is 18.9. The molecule has 11 aromatic heterocycles. The maximum absolute atomic E-state index is 6.65. The van der Waals surface area contributed by atoms with Gasteiger partial charge in [0, 0.05) is 154 Å². The van der Waals surface area contributed by atoms with Crippen molar-refractivity contribution in [1.82, 2.24) is 83.7 Å². The normalized spacial score (nSPS) is 14.3. The van der Waals surface area contributed by atoms with Crippen molar-refractivity contribution in [3.8, 4) is 47.6 Å². The fraction of sp³-hybridized carbons (Fsp3) is 0.250. The van der Waals surface area contributed by atoms with Crippen LogP contribution in [0.4, 0.5) is 28.4 Å². The second-order valence-corrected chi connectivity index (χ2v) is 33.1. The van der Waals surface area contributed by atoms with E-state index in [2.05, 4.69) is 136 Å². The largest absolute Gasteiger partial charge is 0.479 e. The summed E-state index contributed by atoms with van der Waals surface area (Å²) in [6, 6.07) is 46.9. The topological polar surface area (TPSA) is 356 Å². The van der Waals surface area contributed by atoms with Gasteiger partial charge in [-0.2, -0.15) is 0 Å². The van der Waals surface area contributed by atoms with Gasteiger partial charge >= 0.3 is 0 Å². The average Bonchev–Trinajstić information content (AvgIpc) is 1.64. The van der Waals surface area contributed by atoms with Crippen LogP contribution in [0.5, 0.6) is 35.3 Å². The molecule has 23 rings (SSSR count). The molecule has 37 heteroatoms. The molecule has 0 radical (unpaired) electrons. The molecule has 5 aromatic carbocycles. The zero-order valence-corrected chi connectivity index (χ0v) is 75.9. The molecule has 5 N–H and O–H groups in total. The number of aromatic nitrogens is 16. The van der Waals surface area contributed by atoms with Crippen LogP contribution in [0.15, 0.2) is 208 Å². The van der Waals surface area contributed by atoms with Gasteiger partial charge in [-0.15, -0.1) is 31.9 Å². The first-order valence-electron chi connectivity index (χ1n) is 43.1. The molecule has 18 heterocycles. The highest BCUT2D eigenvalue weighted by molar-refractivity contribution is 6.38. The third-order valence-electron chi connectivity index (χ3n) is 23.0. The molecule has 2 fully saturated rings. The lowest BCUT2D eigenvalue weighted by Crippen LogP contribution is -2.38. The van der Waals surface area contributed by atoms with Crippen molar-refractivity contribution in [2.75, 3.05) is 93.5 Å². The lowest BCUT2D eigenvalue weighted by atomic mass is 10.1. The zero-order valence-electron chi connectivity index (χ0n) is 73.6. The standard InChI is InChI=1S/C22H25ClN6O.C22H15ClN6O.C18H17N5O2.C18H19N5O2.C16H14ClN5O/c1-28-18-13-16(26-21-20-15(14-25-21)6-5-7-24-20)12-17(23)19(18)22(27-28)30-11-10-29-8-3-2-4-9-29;1-3-13-6-7-18(25-11-13)30-22-19-16(23)9-15(10-17(19)29(2)28-22)27-21-20-14(12-26-21)5-4-8-24-20;1-23-15-7-12(21-17-16-11(8-20-17)3-2-6-19-16)4-5-14(15)18(22-23)25-13-9-24-10-13;1-23-15-10-13(5-6-14(15)18(22-23)25-9-8-24-2)21-17-16-12(11-20-17)4-3-7-19-16;1-22-12-7-10(6-11(17)13(12)16(21-22)23-2)20-15-14-9(8-19-15)4-3-5-18-14/h5-7,12-13H,2-4,8-11,14H2,1H3,(H,25,26);1,4-11H,12H2,2H3,(H,26,27);2-7,13H,8-10H2,1H3,(H,20,21);3-7,10H,8-9,11H2,1-2H3,(H,20,21);3-7H,8H2,1-2H3,(H,19,20). The molecule has 0 amide bonds. The number of hydrogen-bond acceptors (Lipinski definition) is 29. The van der Waals surface area contributed by atoms with Crippen LogP contribution in [0.2, 0.25) is 15.1 Å². The number of pyridine rings is 6. The van der Waals surface area contributed by atoms with Crippen molar-refractivity contribution in [2.45, 2.75) is 58.1 Å². The van der Waals surface area contributed by atoms with Gasteiger partial charge in [0.05, 0.1) is 129 Å². The van der Waals surface area contributed by atoms with E-state index in [1.165, 1.54) is 19.3 Å². The van der Waals surface area contributed by atoms with Crippen molar-refractivity contribution >= 4 is 147 Å². The predicted molar refractivity (Wildman–Crippen MR) is 516 cm³/mol. The second-order valence-electron chi connectivity index (χ2n) is 31.9. The number of ether oxygens (including phenoxy) is 7. The number of likely N-dealkylation sites (tertiary alicyclic amines) is 1. The summed E-state index contributed by atoms with van der Waals surface area (Å²) in [5, 5.41) is 45.0. The van der Waals surface area contributed by atoms with Crippen LogP contribution in [0.25, 0.3) is 54.5 Å². The molecule has 2 saturated heterocycles. The van der Waals surface area contributed by atoms with Gasteiger partial charge in [0.2, 0.25) is 35.3 Å². The average molecular weight is 1840 g/mol. The number of fused-ring (bicyclic) bond motifs is 10. The highest BCUT2D eigenvalue weighted by atomic mass is 35.5. The Kier molecular flexibility index (Phi) is 25.6. The van der Waals surface area contributed by atoms with Crippen LogP contribution in [-0.4, -0.2) is 186 Å². The van der Waals surface area contributed by atoms with Gasteiger partial charge < -0.3 is 59.7 Å². The number of rotatable bonds is 18. The summed E-state index contributed by atoms with van der Waals surface area (Å²) in [6.07, 6.45) is 19.8. The fourth-order valence-electron chi connectivity index (χ4n) is 16.2. The molecule has 0 bridgehead atoms. The van der Waals surface area contributed by atoms with E-state index in [1.54, 1.807) is 72.9 Å². The Morgan fingerprint density at radius 1 is 0.406 bits per heavy atom. The van der Waals surface area contributed by atoms with Gasteiger partial charge in [-0.05, 0) is 135 Å². The monoisotopic (exact) mass is 1840 g/mol. The first-order valence-corrected chi connectivity index (χ1v) is 44.2. The predicted octanol–water partition coefficient (Wildman–Crippen LogP) is 15.5. The van der Waals surface area contributed by atoms with E-state index < -0.39 is 0 Å². The molecule has 34 nitrogen and oxygen atoms in total. The Bertz CT molecular complexity index is 7330. The molecule has 133 heavy (non-hydrogen) atoms. The van der Waals surface area contributed by atoms with Crippen LogP contribution in [0.3, 0.4) is 0 Å². The fourth-order valence-corrected chi connectivity index (χ4v) is 17.1. The first kappa shape index (κ1) is 87.3. The summed E-state index contributed by atoms with van der Waals surface area (Å²) in [4.78, 5) is 51.5. The van der Waals surface area contributed by atoms with Gasteiger partial charge in [-0.1, -0.05) is 77.5 Å². The number of aliphatic imine (C=N–C) groups is 5. The molecular weight excluding hydrogens is 1750 g/mol. The Hall–Kier alpha value is -15.0. The van der Waals surface area contributed by atoms with E-state index in [4.69, 9.17) is 74.4 Å². The van der Waals surface area contributed by atoms with Crippen LogP contribution < -0.4 is 50.3 Å².